The minimum Gasteiger partial charge on any atom is -0.322 e. The van der Waals surface area contributed by atoms with E-state index in [9.17, 15) is 4.79 Å². The van der Waals surface area contributed by atoms with E-state index in [-0.39, 0.29) is 5.56 Å². The van der Waals surface area contributed by atoms with Gasteiger partial charge >= 0.3 is 0 Å². The molecule has 0 radical (unpaired) electrons. The molecule has 4 heteroatoms. The van der Waals surface area contributed by atoms with E-state index in [0.717, 1.165) is 19.3 Å². The summed E-state index contributed by atoms with van der Waals surface area (Å²) >= 11 is 5.23. The number of aromatic amines is 1. The van der Waals surface area contributed by atoms with Crippen molar-refractivity contribution in [2.24, 2.45) is 0 Å². The molecule has 0 spiro atoms. The van der Waals surface area contributed by atoms with Crippen molar-refractivity contribution in [3.05, 3.63) is 62.8 Å². The van der Waals surface area contributed by atoms with Gasteiger partial charge in [-0.05, 0) is 42.6 Å². The van der Waals surface area contributed by atoms with Crippen molar-refractivity contribution in [3.63, 3.8) is 0 Å². The van der Waals surface area contributed by atoms with Gasteiger partial charge in [-0.1, -0.05) is 24.3 Å². The smallest absolute Gasteiger partial charge is 0.251 e. The van der Waals surface area contributed by atoms with Crippen LogP contribution in [0.2, 0.25) is 0 Å². The van der Waals surface area contributed by atoms with Crippen LogP contribution in [-0.2, 0) is 12.8 Å². The largest absolute Gasteiger partial charge is 0.322 e. The molecule has 1 aromatic carbocycles. The van der Waals surface area contributed by atoms with E-state index in [0.29, 0.717) is 10.8 Å². The summed E-state index contributed by atoms with van der Waals surface area (Å²) in [4.78, 5) is 13.9. The van der Waals surface area contributed by atoms with Crippen molar-refractivity contribution < 1.29 is 0 Å². The molecule has 3 nitrogen and oxygen atoms in total. The zero-order valence-electron chi connectivity index (χ0n) is 9.93. The van der Waals surface area contributed by atoms with Crippen LogP contribution in [0.4, 0.5) is 0 Å². The number of hydrogen-bond donors (Lipinski definition) is 1. The Bertz CT molecular complexity index is 686. The Hall–Kier alpha value is -1.68. The predicted octanol–water partition coefficient (Wildman–Crippen LogP) is 2.64. The van der Waals surface area contributed by atoms with Gasteiger partial charge in [0.15, 0.2) is 4.77 Å². The normalized spacial score (nSPS) is 18.3. The van der Waals surface area contributed by atoms with Gasteiger partial charge in [0.1, 0.15) is 0 Å². The number of benzene rings is 1. The summed E-state index contributed by atoms with van der Waals surface area (Å²) in [6.45, 7) is 0. The van der Waals surface area contributed by atoms with Crippen LogP contribution in [0.1, 0.15) is 23.6 Å². The molecule has 0 amide bonds. The Morgan fingerprint density at radius 3 is 2.78 bits per heavy atom. The minimum absolute atomic E-state index is 0.132. The van der Waals surface area contributed by atoms with Crippen LogP contribution < -0.4 is 5.56 Å². The second-order valence-corrected chi connectivity index (χ2v) is 5.07. The third-order valence-electron chi connectivity index (χ3n) is 3.57. The van der Waals surface area contributed by atoms with Gasteiger partial charge in [0.05, 0.1) is 0 Å². The molecule has 92 valence electrons. The monoisotopic (exact) mass is 258 g/mol. The molecule has 0 aliphatic heterocycles. The quantitative estimate of drug-likeness (QED) is 0.798. The third-order valence-corrected chi connectivity index (χ3v) is 3.88. The predicted molar refractivity (Wildman–Crippen MR) is 73.4 cm³/mol. The van der Waals surface area contributed by atoms with Crippen molar-refractivity contribution in [3.8, 4) is 0 Å². The van der Waals surface area contributed by atoms with Gasteiger partial charge in [0.2, 0.25) is 0 Å². The Morgan fingerprint density at radius 1 is 1.22 bits per heavy atom. The summed E-state index contributed by atoms with van der Waals surface area (Å²) in [7, 11) is 0. The number of hydrogen-bond acceptors (Lipinski definition) is 2. The molecule has 1 aliphatic carbocycles. The highest BCUT2D eigenvalue weighted by molar-refractivity contribution is 7.71. The average molecular weight is 258 g/mol. The number of nitrogens with one attached hydrogen (secondary N) is 1. The zero-order chi connectivity index (χ0) is 12.5. The lowest BCUT2D eigenvalue weighted by molar-refractivity contribution is 0.430. The number of nitrogens with zero attached hydrogens (tertiary/aromatic N) is 1. The molecule has 0 saturated heterocycles. The summed E-state index contributed by atoms with van der Waals surface area (Å²) in [6.07, 6.45) is 4.93. The van der Waals surface area contributed by atoms with E-state index in [2.05, 4.69) is 29.2 Å². The van der Waals surface area contributed by atoms with Crippen LogP contribution >= 0.6 is 12.2 Å². The van der Waals surface area contributed by atoms with Crippen LogP contribution in [0.25, 0.3) is 0 Å². The summed E-state index contributed by atoms with van der Waals surface area (Å²) in [5.41, 5.74) is 2.69. The first-order chi connectivity index (χ1) is 8.74. The lowest BCUT2D eigenvalue weighted by Gasteiger charge is -2.26. The number of fused-ring (bicyclic) bond motifs is 1. The molecular formula is C14H14N2OS. The SMILES string of the molecule is O=c1ccn(C2CCc3ccccc3C2)c(=S)[nH]1. The van der Waals surface area contributed by atoms with Gasteiger partial charge in [0.25, 0.3) is 5.56 Å². The fourth-order valence-corrected chi connectivity index (χ4v) is 2.94. The van der Waals surface area contributed by atoms with Gasteiger partial charge in [-0.2, -0.15) is 0 Å². The van der Waals surface area contributed by atoms with Crippen molar-refractivity contribution in [1.82, 2.24) is 9.55 Å². The molecule has 1 unspecified atom stereocenters. The first-order valence-corrected chi connectivity index (χ1v) is 6.53. The van der Waals surface area contributed by atoms with Gasteiger partial charge < -0.3 is 4.57 Å². The zero-order valence-corrected chi connectivity index (χ0v) is 10.7. The highest BCUT2D eigenvalue weighted by Gasteiger charge is 2.19. The molecule has 18 heavy (non-hydrogen) atoms. The number of rotatable bonds is 1. The molecule has 1 aromatic heterocycles. The molecule has 0 bridgehead atoms. The molecule has 0 saturated carbocycles. The molecule has 3 rings (SSSR count). The van der Waals surface area contributed by atoms with Crippen molar-refractivity contribution in [1.29, 1.82) is 0 Å². The molecule has 1 aliphatic rings. The standard InChI is InChI=1S/C14H14N2OS/c17-13-7-8-16(14(18)15-13)12-6-5-10-3-1-2-4-11(10)9-12/h1-4,7-8,12H,5-6,9H2,(H,15,17,18). The topological polar surface area (TPSA) is 37.8 Å². The highest BCUT2D eigenvalue weighted by Crippen LogP contribution is 2.28. The summed E-state index contributed by atoms with van der Waals surface area (Å²) in [5, 5.41) is 0. The first kappa shape index (κ1) is 11.4. The lowest BCUT2D eigenvalue weighted by Crippen LogP contribution is -2.21. The average Bonchev–Trinajstić information content (AvgIpc) is 2.38. The second kappa shape index (κ2) is 4.53. The first-order valence-electron chi connectivity index (χ1n) is 6.12. The van der Waals surface area contributed by atoms with E-state index in [4.69, 9.17) is 12.2 Å². The lowest BCUT2D eigenvalue weighted by atomic mass is 9.88. The van der Waals surface area contributed by atoms with Crippen LogP contribution in [0.5, 0.6) is 0 Å². The Balaban J connectivity index is 1.97. The van der Waals surface area contributed by atoms with E-state index < -0.39 is 0 Å². The summed E-state index contributed by atoms with van der Waals surface area (Å²) < 4.78 is 2.53. The second-order valence-electron chi connectivity index (χ2n) is 4.68. The third kappa shape index (κ3) is 2.04. The van der Waals surface area contributed by atoms with Crippen LogP contribution in [0.3, 0.4) is 0 Å². The maximum atomic E-state index is 11.2. The Kier molecular flexibility index (Phi) is 2.88. The molecule has 0 fully saturated rings. The molecule has 2 aromatic rings. The number of aryl methyl sites for hydroxylation is 1. The van der Waals surface area contributed by atoms with Crippen LogP contribution in [-0.4, -0.2) is 9.55 Å². The maximum Gasteiger partial charge on any atom is 0.251 e. The van der Waals surface area contributed by atoms with Crippen molar-refractivity contribution in [2.45, 2.75) is 25.3 Å². The van der Waals surface area contributed by atoms with Gasteiger partial charge in [-0.25, -0.2) is 0 Å². The van der Waals surface area contributed by atoms with E-state index in [1.807, 2.05) is 4.57 Å². The summed E-state index contributed by atoms with van der Waals surface area (Å²) in [6, 6.07) is 10.4. The number of H-pyrrole nitrogens is 1. The fourth-order valence-electron chi connectivity index (χ4n) is 2.63. The summed E-state index contributed by atoms with van der Waals surface area (Å²) in [5.74, 6) is 0. The van der Waals surface area contributed by atoms with Gasteiger partial charge in [-0.3, -0.25) is 9.78 Å². The molecule has 1 N–H and O–H groups in total. The Labute approximate surface area is 110 Å². The fraction of sp³-hybridized carbons (Fsp3) is 0.286. The Morgan fingerprint density at radius 2 is 2.00 bits per heavy atom. The van der Waals surface area contributed by atoms with Gasteiger partial charge in [-0.15, -0.1) is 0 Å². The van der Waals surface area contributed by atoms with Gasteiger partial charge in [0, 0.05) is 18.3 Å². The van der Waals surface area contributed by atoms with Crippen LogP contribution in [0, 0.1) is 4.77 Å². The van der Waals surface area contributed by atoms with Crippen molar-refractivity contribution >= 4 is 12.2 Å². The molecule has 1 atom stereocenters. The van der Waals surface area contributed by atoms with E-state index >= 15 is 0 Å². The maximum absolute atomic E-state index is 11.2. The van der Waals surface area contributed by atoms with Crippen molar-refractivity contribution in [2.75, 3.05) is 0 Å². The number of aromatic nitrogens is 2. The highest BCUT2D eigenvalue weighted by atomic mass is 32.1. The van der Waals surface area contributed by atoms with Crippen LogP contribution in [0.15, 0.2) is 41.3 Å². The molecular weight excluding hydrogens is 244 g/mol. The minimum atomic E-state index is -0.132. The van der Waals surface area contributed by atoms with E-state index in [1.165, 1.54) is 17.2 Å². The molecule has 1 heterocycles. The van der Waals surface area contributed by atoms with E-state index in [1.54, 1.807) is 6.20 Å².